The molecule has 9 heavy (non-hydrogen) atoms. The molecule has 3 N–H and O–H groups in total. The number of rotatable bonds is 0. The number of aliphatic imine (C=N–C) groups is 1. The zero-order valence-corrected chi connectivity index (χ0v) is 5.22. The number of nitrogens with zero attached hydrogens (tertiary/aromatic N) is 1. The van der Waals surface area contributed by atoms with Gasteiger partial charge in [0.25, 0.3) is 0 Å². The van der Waals surface area contributed by atoms with Gasteiger partial charge in [0.1, 0.15) is 0 Å². The first-order valence-corrected chi connectivity index (χ1v) is 2.81. The Bertz CT molecular complexity index is 164. The van der Waals surface area contributed by atoms with E-state index in [1.54, 1.807) is 0 Å². The van der Waals surface area contributed by atoms with E-state index >= 15 is 0 Å². The summed E-state index contributed by atoms with van der Waals surface area (Å²) < 4.78 is 0. The number of carbonyl (C=O) groups excluding carboxylic acids is 1. The van der Waals surface area contributed by atoms with Crippen LogP contribution in [0.25, 0.3) is 0 Å². The van der Waals surface area contributed by atoms with Crippen LogP contribution < -0.4 is 11.1 Å². The highest BCUT2D eigenvalue weighted by Gasteiger charge is 2.14. The molecule has 0 saturated carbocycles. The maximum atomic E-state index is 10.6. The number of nitrogens with two attached hydrogens (primary N) is 1. The molecule has 0 fully saturated rings. The van der Waals surface area contributed by atoms with Crippen molar-refractivity contribution in [1.82, 2.24) is 5.32 Å². The van der Waals surface area contributed by atoms with Crippen molar-refractivity contribution in [1.29, 1.82) is 0 Å². The summed E-state index contributed by atoms with van der Waals surface area (Å²) in [7, 11) is 0. The van der Waals surface area contributed by atoms with E-state index in [0.717, 1.165) is 0 Å². The van der Waals surface area contributed by atoms with Crippen molar-refractivity contribution < 1.29 is 4.79 Å². The first-order chi connectivity index (χ1) is 4.18. The van der Waals surface area contributed by atoms with E-state index in [9.17, 15) is 4.79 Å². The van der Waals surface area contributed by atoms with E-state index in [-0.39, 0.29) is 17.9 Å². The molecule has 0 bridgehead atoms. The fourth-order valence-electron chi connectivity index (χ4n) is 0.778. The second-order valence-electron chi connectivity index (χ2n) is 2.12. The minimum Gasteiger partial charge on any atom is -0.370 e. The predicted octanol–water partition coefficient (Wildman–Crippen LogP) is -0.790. The van der Waals surface area contributed by atoms with Crippen LogP contribution in [-0.4, -0.2) is 17.9 Å². The van der Waals surface area contributed by atoms with E-state index in [4.69, 9.17) is 5.73 Å². The van der Waals surface area contributed by atoms with Crippen molar-refractivity contribution in [3.63, 3.8) is 0 Å². The SMILES string of the molecule is C[C@H]1CC(=O)NC(N)=N1. The highest BCUT2D eigenvalue weighted by molar-refractivity contribution is 5.98. The van der Waals surface area contributed by atoms with Gasteiger partial charge in [-0.1, -0.05) is 0 Å². The summed E-state index contributed by atoms with van der Waals surface area (Å²) in [6.07, 6.45) is 0.445. The lowest BCUT2D eigenvalue weighted by molar-refractivity contribution is -0.120. The van der Waals surface area contributed by atoms with E-state index in [2.05, 4.69) is 10.3 Å². The molecule has 4 heteroatoms. The van der Waals surface area contributed by atoms with E-state index in [0.29, 0.717) is 6.42 Å². The highest BCUT2D eigenvalue weighted by Crippen LogP contribution is 1.99. The Morgan fingerprint density at radius 3 is 3.00 bits per heavy atom. The van der Waals surface area contributed by atoms with Gasteiger partial charge in [0, 0.05) is 6.42 Å². The van der Waals surface area contributed by atoms with Crippen LogP contribution in [0.15, 0.2) is 4.99 Å². The van der Waals surface area contributed by atoms with Crippen LogP contribution in [0.3, 0.4) is 0 Å². The minimum absolute atomic E-state index is 0.0405. The summed E-state index contributed by atoms with van der Waals surface area (Å²) >= 11 is 0. The van der Waals surface area contributed by atoms with Crippen molar-refractivity contribution in [2.45, 2.75) is 19.4 Å². The van der Waals surface area contributed by atoms with Gasteiger partial charge >= 0.3 is 0 Å². The standard InChI is InChI=1S/C5H9N3O/c1-3-2-4(9)8-5(6)7-3/h3H,2H2,1H3,(H3,6,7,8,9)/t3-/m0/s1. The topological polar surface area (TPSA) is 67.5 Å². The van der Waals surface area contributed by atoms with Crippen LogP contribution in [0.2, 0.25) is 0 Å². The maximum Gasteiger partial charge on any atom is 0.228 e. The fourth-order valence-corrected chi connectivity index (χ4v) is 0.778. The van der Waals surface area contributed by atoms with Crippen LogP contribution >= 0.6 is 0 Å². The lowest BCUT2D eigenvalue weighted by Crippen LogP contribution is -2.42. The normalized spacial score (nSPS) is 27.0. The van der Waals surface area contributed by atoms with Crippen LogP contribution in [0.1, 0.15) is 13.3 Å². The highest BCUT2D eigenvalue weighted by atomic mass is 16.1. The van der Waals surface area contributed by atoms with Crippen molar-refractivity contribution in [2.24, 2.45) is 10.7 Å². The quantitative estimate of drug-likeness (QED) is 0.447. The average Bonchev–Trinajstić information content (AvgIpc) is 1.59. The van der Waals surface area contributed by atoms with Crippen LogP contribution in [0, 0.1) is 0 Å². The van der Waals surface area contributed by atoms with Crippen molar-refractivity contribution in [2.75, 3.05) is 0 Å². The second kappa shape index (κ2) is 2.05. The van der Waals surface area contributed by atoms with Crippen molar-refractivity contribution in [3.8, 4) is 0 Å². The fraction of sp³-hybridized carbons (Fsp3) is 0.600. The van der Waals surface area contributed by atoms with Crippen molar-refractivity contribution in [3.05, 3.63) is 0 Å². The van der Waals surface area contributed by atoms with Crippen LogP contribution in [0.4, 0.5) is 0 Å². The Morgan fingerprint density at radius 2 is 2.56 bits per heavy atom. The number of carbonyl (C=O) groups is 1. The molecule has 1 rings (SSSR count). The lowest BCUT2D eigenvalue weighted by Gasteiger charge is -2.13. The molecule has 4 nitrogen and oxygen atoms in total. The molecular weight excluding hydrogens is 118 g/mol. The maximum absolute atomic E-state index is 10.6. The zero-order chi connectivity index (χ0) is 6.85. The third-order valence-electron chi connectivity index (χ3n) is 1.11. The molecule has 0 saturated heterocycles. The molecule has 0 aromatic heterocycles. The number of amides is 1. The summed E-state index contributed by atoms with van der Waals surface area (Å²) in [4.78, 5) is 14.5. The van der Waals surface area contributed by atoms with Gasteiger partial charge in [-0.25, -0.2) is 4.99 Å². The van der Waals surface area contributed by atoms with Gasteiger partial charge in [0.15, 0.2) is 5.96 Å². The third-order valence-corrected chi connectivity index (χ3v) is 1.11. The molecule has 50 valence electrons. The molecule has 0 radical (unpaired) electrons. The molecule has 0 spiro atoms. The largest absolute Gasteiger partial charge is 0.370 e. The first kappa shape index (κ1) is 6.07. The smallest absolute Gasteiger partial charge is 0.228 e. The molecule has 0 aliphatic carbocycles. The Labute approximate surface area is 53.1 Å². The first-order valence-electron chi connectivity index (χ1n) is 2.81. The lowest BCUT2D eigenvalue weighted by atomic mass is 10.2. The summed E-state index contributed by atoms with van der Waals surface area (Å²) in [5.74, 6) is 0.189. The van der Waals surface area contributed by atoms with Gasteiger partial charge in [0.05, 0.1) is 6.04 Å². The zero-order valence-electron chi connectivity index (χ0n) is 5.22. The number of hydrogen-bond donors (Lipinski definition) is 2. The number of hydrogen-bond acceptors (Lipinski definition) is 3. The van der Waals surface area contributed by atoms with E-state index in [1.165, 1.54) is 0 Å². The van der Waals surface area contributed by atoms with Crippen molar-refractivity contribution >= 4 is 11.9 Å². The molecular formula is C5H9N3O. The Balaban J connectivity index is 2.67. The summed E-state index contributed by atoms with van der Waals surface area (Å²) in [6.45, 7) is 1.85. The molecule has 1 aliphatic rings. The predicted molar refractivity (Wildman–Crippen MR) is 33.8 cm³/mol. The number of nitrogens with one attached hydrogen (secondary N) is 1. The second-order valence-corrected chi connectivity index (χ2v) is 2.12. The molecule has 0 aromatic carbocycles. The van der Waals surface area contributed by atoms with Gasteiger partial charge in [-0.15, -0.1) is 0 Å². The van der Waals surface area contributed by atoms with Crippen LogP contribution in [-0.2, 0) is 4.79 Å². The van der Waals surface area contributed by atoms with E-state index < -0.39 is 0 Å². The molecule has 1 heterocycles. The average molecular weight is 127 g/mol. The minimum atomic E-state index is -0.0463. The summed E-state index contributed by atoms with van der Waals surface area (Å²) in [5.41, 5.74) is 5.23. The molecule has 1 aliphatic heterocycles. The summed E-state index contributed by atoms with van der Waals surface area (Å²) in [5, 5.41) is 2.40. The van der Waals surface area contributed by atoms with Gasteiger partial charge in [0.2, 0.25) is 5.91 Å². The third kappa shape index (κ3) is 1.42. The molecule has 0 aromatic rings. The molecule has 1 amide bonds. The van der Waals surface area contributed by atoms with Gasteiger partial charge in [-0.05, 0) is 6.92 Å². The Kier molecular flexibility index (Phi) is 1.38. The van der Waals surface area contributed by atoms with Gasteiger partial charge < -0.3 is 5.73 Å². The Hall–Kier alpha value is -1.06. The number of guanidine groups is 1. The Morgan fingerprint density at radius 1 is 1.89 bits per heavy atom. The summed E-state index contributed by atoms with van der Waals surface area (Å²) in [6, 6.07) is 0.0405. The molecule has 1 atom stereocenters. The van der Waals surface area contributed by atoms with Gasteiger partial charge in [-0.3, -0.25) is 10.1 Å². The van der Waals surface area contributed by atoms with Crippen LogP contribution in [0.5, 0.6) is 0 Å². The molecule has 0 unspecified atom stereocenters. The van der Waals surface area contributed by atoms with E-state index in [1.807, 2.05) is 6.92 Å². The monoisotopic (exact) mass is 127 g/mol. The van der Waals surface area contributed by atoms with Gasteiger partial charge in [-0.2, -0.15) is 0 Å².